The zero-order chi connectivity index (χ0) is 29.4. The number of carboxylic acids is 1. The van der Waals surface area contributed by atoms with Crippen LogP contribution in [0.15, 0.2) is 0 Å². The van der Waals surface area contributed by atoms with Crippen LogP contribution in [0.25, 0.3) is 0 Å². The van der Waals surface area contributed by atoms with Crippen LogP contribution in [0, 0.1) is 0 Å². The number of carbonyl (C=O) groups is 1. The number of hydrogen-bond acceptors (Lipinski definition) is 5. The van der Waals surface area contributed by atoms with Gasteiger partial charge in [-0.15, -0.1) is 0 Å². The van der Waals surface area contributed by atoms with Gasteiger partial charge in [-0.1, -0.05) is 129 Å². The second kappa shape index (κ2) is 25.1. The summed E-state index contributed by atoms with van der Waals surface area (Å²) in [6.45, 7) is 4.58. The summed E-state index contributed by atoms with van der Waals surface area (Å²) in [5.41, 5.74) is 0. The van der Waals surface area contributed by atoms with Gasteiger partial charge in [0.1, 0.15) is 5.97 Å². The number of aliphatic carboxylic acids is 1. The molecule has 234 valence electrons. The molecule has 0 bridgehead atoms. The molecule has 0 amide bonds. The van der Waals surface area contributed by atoms with Crippen molar-refractivity contribution in [3.63, 3.8) is 0 Å². The number of unbranched alkanes of at least 4 members (excludes halogenated alkanes) is 16. The number of hydrogen-bond donors (Lipinski definition) is 2. The van der Waals surface area contributed by atoms with E-state index < -0.39 is 12.1 Å². The molecule has 0 aromatic rings. The van der Waals surface area contributed by atoms with Crippen LogP contribution in [-0.4, -0.2) is 78.2 Å². The van der Waals surface area contributed by atoms with Crippen molar-refractivity contribution in [2.75, 3.05) is 34.4 Å². The number of rotatable bonds is 29. The maximum Gasteiger partial charge on any atom is 0.186 e. The van der Waals surface area contributed by atoms with Gasteiger partial charge >= 0.3 is 0 Å². The van der Waals surface area contributed by atoms with Crippen LogP contribution in [0.4, 0.5) is 0 Å². The minimum atomic E-state index is -1.06. The van der Waals surface area contributed by atoms with Gasteiger partial charge in [0.25, 0.3) is 0 Å². The van der Waals surface area contributed by atoms with E-state index in [1.54, 1.807) is 0 Å². The SMILES string of the molecule is CCCCCCCCCCCC(CCO)N(C(CCO)CCCCCCCCCCC)C(C(=O)[O-])[N+](C)(C)C. The second-order valence-electron chi connectivity index (χ2n) is 12.8. The Labute approximate surface area is 243 Å². The average molecular weight is 557 g/mol. The lowest BCUT2D eigenvalue weighted by atomic mass is 9.95. The van der Waals surface area contributed by atoms with E-state index in [9.17, 15) is 20.1 Å². The van der Waals surface area contributed by atoms with Crippen LogP contribution >= 0.6 is 0 Å². The smallest absolute Gasteiger partial charge is 0.186 e. The van der Waals surface area contributed by atoms with E-state index in [0.29, 0.717) is 12.8 Å². The topological polar surface area (TPSA) is 83.8 Å². The van der Waals surface area contributed by atoms with Gasteiger partial charge in [-0.25, -0.2) is 4.90 Å². The van der Waals surface area contributed by atoms with E-state index in [1.807, 2.05) is 21.1 Å². The summed E-state index contributed by atoms with van der Waals surface area (Å²) in [5, 5.41) is 32.5. The van der Waals surface area contributed by atoms with Crippen molar-refractivity contribution >= 4 is 5.97 Å². The molecule has 0 saturated carbocycles. The zero-order valence-electron chi connectivity index (χ0n) is 26.8. The molecule has 0 heterocycles. The Morgan fingerprint density at radius 3 is 1.15 bits per heavy atom. The highest BCUT2D eigenvalue weighted by Gasteiger charge is 2.40. The molecule has 0 aliphatic rings. The maximum absolute atomic E-state index is 12.6. The second-order valence-corrected chi connectivity index (χ2v) is 12.8. The third-order valence-electron chi connectivity index (χ3n) is 8.28. The molecule has 0 rings (SSSR count). The highest BCUT2D eigenvalue weighted by molar-refractivity contribution is 5.69. The third kappa shape index (κ3) is 19.1. The maximum atomic E-state index is 12.6. The molecule has 39 heavy (non-hydrogen) atoms. The molecule has 0 saturated heterocycles. The molecule has 0 aromatic heterocycles. The Morgan fingerprint density at radius 2 is 0.897 bits per heavy atom. The normalized spacial score (nSPS) is 14.6. The van der Waals surface area contributed by atoms with Crippen LogP contribution in [0.3, 0.4) is 0 Å². The summed E-state index contributed by atoms with van der Waals surface area (Å²) in [6, 6.07) is -0.0650. The number of carbonyl (C=O) groups excluding carboxylic acids is 1. The molecule has 0 aliphatic heterocycles. The predicted molar refractivity (Wildman–Crippen MR) is 163 cm³/mol. The van der Waals surface area contributed by atoms with Crippen LogP contribution < -0.4 is 5.11 Å². The summed E-state index contributed by atoms with van der Waals surface area (Å²) >= 11 is 0. The first kappa shape index (κ1) is 38.3. The van der Waals surface area contributed by atoms with E-state index >= 15 is 0 Å². The average Bonchev–Trinajstić information content (AvgIpc) is 2.87. The lowest BCUT2D eigenvalue weighted by Crippen LogP contribution is -2.67. The van der Waals surface area contributed by atoms with Crippen molar-refractivity contribution in [1.29, 1.82) is 0 Å². The van der Waals surface area contributed by atoms with Crippen molar-refractivity contribution < 1.29 is 24.6 Å². The summed E-state index contributed by atoms with van der Waals surface area (Å²) < 4.78 is 0.238. The Kier molecular flexibility index (Phi) is 24.6. The molecule has 0 radical (unpaired) electrons. The summed E-state index contributed by atoms with van der Waals surface area (Å²) in [5.74, 6) is -1.06. The third-order valence-corrected chi connectivity index (χ3v) is 8.28. The monoisotopic (exact) mass is 557 g/mol. The summed E-state index contributed by atoms with van der Waals surface area (Å²) in [4.78, 5) is 14.7. The standard InChI is InChI=1S/C33H68N2O4/c1-6-8-10-12-14-16-18-20-22-24-30(26-28-36)34(32(33(38)39)35(3,4)5)31(27-29-37)25-23-21-19-17-15-13-11-9-7-2/h30-32,36-37H,6-29H2,1-5H3. The lowest BCUT2D eigenvalue weighted by Gasteiger charge is -2.48. The first-order valence-corrected chi connectivity index (χ1v) is 16.8. The molecular weight excluding hydrogens is 488 g/mol. The van der Waals surface area contributed by atoms with Gasteiger partial charge in [0, 0.05) is 25.3 Å². The minimum absolute atomic E-state index is 0.0325. The largest absolute Gasteiger partial charge is 0.543 e. The van der Waals surface area contributed by atoms with Gasteiger partial charge in [-0.3, -0.25) is 0 Å². The Hall–Kier alpha value is -0.690. The van der Waals surface area contributed by atoms with Gasteiger partial charge in [-0.2, -0.15) is 0 Å². The Bertz CT molecular complexity index is 520. The zero-order valence-corrected chi connectivity index (χ0v) is 26.8. The lowest BCUT2D eigenvalue weighted by molar-refractivity contribution is -0.902. The van der Waals surface area contributed by atoms with Crippen molar-refractivity contribution in [2.45, 2.75) is 173 Å². The van der Waals surface area contributed by atoms with E-state index in [4.69, 9.17) is 0 Å². The first-order valence-electron chi connectivity index (χ1n) is 16.8. The molecule has 3 atom stereocenters. The van der Waals surface area contributed by atoms with Crippen molar-refractivity contribution in [1.82, 2.24) is 4.90 Å². The highest BCUT2D eigenvalue weighted by atomic mass is 16.4. The van der Waals surface area contributed by atoms with Crippen molar-refractivity contribution in [2.24, 2.45) is 0 Å². The minimum Gasteiger partial charge on any atom is -0.543 e. The van der Waals surface area contributed by atoms with Crippen LogP contribution in [0.1, 0.15) is 155 Å². The molecule has 6 heteroatoms. The van der Waals surface area contributed by atoms with E-state index in [-0.39, 0.29) is 29.8 Å². The Balaban J connectivity index is 5.24. The van der Waals surface area contributed by atoms with Crippen LogP contribution in [0.2, 0.25) is 0 Å². The molecule has 2 N–H and O–H groups in total. The number of nitrogens with zero attached hydrogens (tertiary/aromatic N) is 2. The Morgan fingerprint density at radius 1 is 0.590 bits per heavy atom. The molecule has 6 nitrogen and oxygen atoms in total. The van der Waals surface area contributed by atoms with Gasteiger partial charge < -0.3 is 24.6 Å². The molecule has 0 spiro atoms. The quantitative estimate of drug-likeness (QED) is 0.0631. The molecule has 3 unspecified atom stereocenters. The number of likely N-dealkylation sites (N-methyl/N-ethyl adjacent to an activating group) is 1. The number of quaternary nitrogens is 1. The number of aliphatic hydroxyl groups is 2. The van der Waals surface area contributed by atoms with Gasteiger partial charge in [0.2, 0.25) is 0 Å². The summed E-state index contributed by atoms with van der Waals surface area (Å²) in [7, 11) is 5.74. The van der Waals surface area contributed by atoms with Crippen LogP contribution in [0.5, 0.6) is 0 Å². The van der Waals surface area contributed by atoms with Gasteiger partial charge in [0.15, 0.2) is 6.17 Å². The van der Waals surface area contributed by atoms with Gasteiger partial charge in [0.05, 0.1) is 21.1 Å². The fourth-order valence-electron chi connectivity index (χ4n) is 6.10. The van der Waals surface area contributed by atoms with Gasteiger partial charge in [-0.05, 0) is 25.7 Å². The van der Waals surface area contributed by atoms with Crippen molar-refractivity contribution in [3.05, 3.63) is 0 Å². The fourth-order valence-corrected chi connectivity index (χ4v) is 6.10. The van der Waals surface area contributed by atoms with Crippen molar-refractivity contribution in [3.8, 4) is 0 Å². The highest BCUT2D eigenvalue weighted by Crippen LogP contribution is 2.27. The van der Waals surface area contributed by atoms with E-state index in [0.717, 1.165) is 38.5 Å². The predicted octanol–water partition coefficient (Wildman–Crippen LogP) is 6.41. The fraction of sp³-hybridized carbons (Fsp3) is 0.970. The van der Waals surface area contributed by atoms with Crippen LogP contribution in [-0.2, 0) is 4.79 Å². The molecule has 0 aromatic carbocycles. The number of carboxylic acid groups (broad SMARTS) is 1. The summed E-state index contributed by atoms with van der Waals surface area (Å²) in [6.07, 6.45) is 24.5. The number of aliphatic hydroxyl groups excluding tert-OH is 2. The molecule has 0 aliphatic carbocycles. The van der Waals surface area contributed by atoms with E-state index in [1.165, 1.54) is 89.9 Å². The van der Waals surface area contributed by atoms with E-state index in [2.05, 4.69) is 18.7 Å². The molecular formula is C33H68N2O4. The first-order chi connectivity index (χ1) is 18.7. The molecule has 0 fully saturated rings.